The van der Waals surface area contributed by atoms with Gasteiger partial charge in [-0.3, -0.25) is 0 Å². The third kappa shape index (κ3) is 3.28. The third-order valence-corrected chi connectivity index (χ3v) is 3.70. The lowest BCUT2D eigenvalue weighted by atomic mass is 9.89. The van der Waals surface area contributed by atoms with Crippen LogP contribution >= 0.6 is 0 Å². The molecule has 5 heteroatoms. The highest BCUT2D eigenvalue weighted by Gasteiger charge is 2.24. The van der Waals surface area contributed by atoms with Crippen LogP contribution in [0.5, 0.6) is 0 Å². The quantitative estimate of drug-likeness (QED) is 0.851. The zero-order chi connectivity index (χ0) is 13.8. The smallest absolute Gasteiger partial charge is 0.194 e. The first-order valence-corrected chi connectivity index (χ1v) is 6.52. The number of hydrogen-bond acceptors (Lipinski definition) is 2. The van der Waals surface area contributed by atoms with Crippen LogP contribution in [-0.2, 0) is 4.74 Å². The summed E-state index contributed by atoms with van der Waals surface area (Å²) in [7, 11) is 1.70. The van der Waals surface area contributed by atoms with E-state index >= 15 is 0 Å². The van der Waals surface area contributed by atoms with E-state index < -0.39 is 17.5 Å². The van der Waals surface area contributed by atoms with Crippen molar-refractivity contribution in [1.82, 2.24) is 5.32 Å². The first-order valence-electron chi connectivity index (χ1n) is 6.52. The highest BCUT2D eigenvalue weighted by molar-refractivity contribution is 5.23. The zero-order valence-corrected chi connectivity index (χ0v) is 10.9. The van der Waals surface area contributed by atoms with E-state index in [4.69, 9.17) is 4.74 Å². The lowest BCUT2D eigenvalue weighted by molar-refractivity contribution is 0.0606. The van der Waals surface area contributed by atoms with E-state index in [2.05, 4.69) is 5.32 Å². The number of rotatable bonds is 4. The second-order valence-electron chi connectivity index (χ2n) is 4.90. The van der Waals surface area contributed by atoms with Gasteiger partial charge in [-0.25, -0.2) is 13.2 Å². The Morgan fingerprint density at radius 3 is 2.53 bits per heavy atom. The maximum atomic E-state index is 13.8. The summed E-state index contributed by atoms with van der Waals surface area (Å²) < 4.78 is 45.3. The van der Waals surface area contributed by atoms with Gasteiger partial charge in [0.05, 0.1) is 0 Å². The molecule has 0 aromatic heterocycles. The van der Waals surface area contributed by atoms with Gasteiger partial charge < -0.3 is 10.1 Å². The maximum Gasteiger partial charge on any atom is 0.194 e. The minimum absolute atomic E-state index is 0.188. The van der Waals surface area contributed by atoms with Gasteiger partial charge >= 0.3 is 0 Å². The van der Waals surface area contributed by atoms with Crippen LogP contribution in [0.2, 0.25) is 0 Å². The van der Waals surface area contributed by atoms with Gasteiger partial charge in [-0.05, 0) is 38.3 Å². The molecule has 2 nitrogen and oxygen atoms in total. The lowest BCUT2D eigenvalue weighted by Crippen LogP contribution is -2.25. The van der Waals surface area contributed by atoms with Gasteiger partial charge in [0, 0.05) is 24.8 Å². The van der Waals surface area contributed by atoms with Crippen LogP contribution in [0.4, 0.5) is 13.2 Å². The van der Waals surface area contributed by atoms with Crippen molar-refractivity contribution in [1.29, 1.82) is 0 Å². The molecule has 1 saturated heterocycles. The third-order valence-electron chi connectivity index (χ3n) is 3.70. The first kappa shape index (κ1) is 14.3. The predicted molar refractivity (Wildman–Crippen MR) is 66.3 cm³/mol. The van der Waals surface area contributed by atoms with Crippen LogP contribution in [-0.4, -0.2) is 20.3 Å². The molecule has 1 aliphatic heterocycles. The van der Waals surface area contributed by atoms with E-state index in [1.54, 1.807) is 7.05 Å². The molecule has 0 bridgehead atoms. The summed E-state index contributed by atoms with van der Waals surface area (Å²) >= 11 is 0. The van der Waals surface area contributed by atoms with E-state index in [1.807, 2.05) is 0 Å². The van der Waals surface area contributed by atoms with Crippen molar-refractivity contribution >= 4 is 0 Å². The second kappa shape index (κ2) is 6.39. The number of hydrogen-bond donors (Lipinski definition) is 1. The molecule has 2 rings (SSSR count). The Kier molecular flexibility index (Phi) is 4.82. The molecule has 106 valence electrons. The van der Waals surface area contributed by atoms with Crippen molar-refractivity contribution < 1.29 is 17.9 Å². The van der Waals surface area contributed by atoms with E-state index in [1.165, 1.54) is 6.07 Å². The van der Waals surface area contributed by atoms with Crippen LogP contribution in [0, 0.1) is 23.4 Å². The number of halogens is 3. The Hall–Kier alpha value is -1.07. The number of nitrogens with one attached hydrogen (secondary N) is 1. The molecule has 1 atom stereocenters. The zero-order valence-electron chi connectivity index (χ0n) is 10.9. The van der Waals surface area contributed by atoms with E-state index in [-0.39, 0.29) is 11.6 Å². The molecule has 1 N–H and O–H groups in total. The van der Waals surface area contributed by atoms with E-state index in [0.717, 1.165) is 18.9 Å². The first-order chi connectivity index (χ1) is 9.13. The summed E-state index contributed by atoms with van der Waals surface area (Å²) in [6.45, 7) is 1.42. The SMILES string of the molecule is CNC(CC1CCOCC1)c1ccc(F)c(F)c1F. The monoisotopic (exact) mass is 273 g/mol. The molecule has 1 unspecified atom stereocenters. The molecule has 1 aliphatic rings. The highest BCUT2D eigenvalue weighted by atomic mass is 19.2. The molecular formula is C14H18F3NO. The van der Waals surface area contributed by atoms with Crippen LogP contribution in [0.3, 0.4) is 0 Å². The van der Waals surface area contributed by atoms with Crippen LogP contribution in [0.1, 0.15) is 30.9 Å². The lowest BCUT2D eigenvalue weighted by Gasteiger charge is -2.27. The van der Waals surface area contributed by atoms with Crippen molar-refractivity contribution in [3.05, 3.63) is 35.1 Å². The largest absolute Gasteiger partial charge is 0.381 e. The van der Waals surface area contributed by atoms with Crippen LogP contribution in [0.25, 0.3) is 0 Å². The van der Waals surface area contributed by atoms with Gasteiger partial charge in [0.1, 0.15) is 0 Å². The summed E-state index contributed by atoms with van der Waals surface area (Å²) in [5.74, 6) is -3.22. The fourth-order valence-corrected chi connectivity index (χ4v) is 2.53. The summed E-state index contributed by atoms with van der Waals surface area (Å²) in [4.78, 5) is 0. The fraction of sp³-hybridized carbons (Fsp3) is 0.571. The van der Waals surface area contributed by atoms with Gasteiger partial charge in [0.2, 0.25) is 0 Å². The Morgan fingerprint density at radius 1 is 1.21 bits per heavy atom. The second-order valence-corrected chi connectivity index (χ2v) is 4.90. The minimum atomic E-state index is -1.40. The molecule has 19 heavy (non-hydrogen) atoms. The molecule has 0 radical (unpaired) electrons. The van der Waals surface area contributed by atoms with Crippen molar-refractivity contribution in [2.75, 3.05) is 20.3 Å². The van der Waals surface area contributed by atoms with Crippen molar-refractivity contribution in [3.63, 3.8) is 0 Å². The average molecular weight is 273 g/mol. The standard InChI is InChI=1S/C14H18F3NO/c1-18-12(8-9-4-6-19-7-5-9)10-2-3-11(15)14(17)13(10)16/h2-3,9,12,18H,4-8H2,1H3. The number of ether oxygens (including phenoxy) is 1. The van der Waals surface area contributed by atoms with Crippen molar-refractivity contribution in [2.24, 2.45) is 5.92 Å². The van der Waals surface area contributed by atoms with Gasteiger partial charge in [-0.1, -0.05) is 6.07 Å². The molecule has 0 aliphatic carbocycles. The van der Waals surface area contributed by atoms with E-state index in [0.29, 0.717) is 25.6 Å². The van der Waals surface area contributed by atoms with Gasteiger partial charge in [0.25, 0.3) is 0 Å². The Bertz CT molecular complexity index is 433. The fourth-order valence-electron chi connectivity index (χ4n) is 2.53. The summed E-state index contributed by atoms with van der Waals surface area (Å²) in [6.07, 6.45) is 2.54. The summed E-state index contributed by atoms with van der Waals surface area (Å²) in [5, 5.41) is 2.98. The van der Waals surface area contributed by atoms with Gasteiger partial charge in [-0.2, -0.15) is 0 Å². The van der Waals surface area contributed by atoms with Crippen molar-refractivity contribution in [3.8, 4) is 0 Å². The average Bonchev–Trinajstić information content (AvgIpc) is 2.44. The summed E-state index contributed by atoms with van der Waals surface area (Å²) in [5.41, 5.74) is 0.188. The molecule has 0 saturated carbocycles. The van der Waals surface area contributed by atoms with Gasteiger partial charge in [0.15, 0.2) is 17.5 Å². The molecule has 1 heterocycles. The molecule has 0 amide bonds. The molecule has 0 spiro atoms. The molecule has 1 aromatic carbocycles. The molecular weight excluding hydrogens is 255 g/mol. The van der Waals surface area contributed by atoms with Crippen molar-refractivity contribution in [2.45, 2.75) is 25.3 Å². The summed E-state index contributed by atoms with van der Waals surface area (Å²) in [6, 6.07) is 1.98. The normalized spacial score (nSPS) is 18.5. The molecule has 1 aromatic rings. The Balaban J connectivity index is 2.14. The van der Waals surface area contributed by atoms with E-state index in [9.17, 15) is 13.2 Å². The minimum Gasteiger partial charge on any atom is -0.381 e. The predicted octanol–water partition coefficient (Wildman–Crippen LogP) is 3.18. The topological polar surface area (TPSA) is 21.3 Å². The van der Waals surface area contributed by atoms with Crippen LogP contribution < -0.4 is 5.32 Å². The Morgan fingerprint density at radius 2 is 1.89 bits per heavy atom. The highest BCUT2D eigenvalue weighted by Crippen LogP contribution is 2.30. The Labute approximate surface area is 111 Å². The van der Waals surface area contributed by atoms with Gasteiger partial charge in [-0.15, -0.1) is 0 Å². The molecule has 1 fully saturated rings. The van der Waals surface area contributed by atoms with Crippen LogP contribution in [0.15, 0.2) is 12.1 Å². The maximum absolute atomic E-state index is 13.8. The number of benzene rings is 1.